The standard InChI is InChI=1S/C15H22Si/c1-5-16(6-2,7-3)12-11-15-10-8-9-14(4)13-15/h8-10,13H,5-7H2,1-4H3. The van der Waals surface area contributed by atoms with Crippen LogP contribution in [-0.4, -0.2) is 8.07 Å². The molecule has 1 aromatic rings. The Morgan fingerprint density at radius 1 is 1.06 bits per heavy atom. The Balaban J connectivity index is 2.95. The van der Waals surface area contributed by atoms with Gasteiger partial charge in [-0.05, 0) is 42.8 Å². The molecule has 0 heterocycles. The van der Waals surface area contributed by atoms with Gasteiger partial charge in [0.05, 0.1) is 0 Å². The van der Waals surface area contributed by atoms with Gasteiger partial charge in [0.25, 0.3) is 0 Å². The molecule has 1 aromatic carbocycles. The molecule has 0 aliphatic rings. The van der Waals surface area contributed by atoms with Crippen LogP contribution in [0.5, 0.6) is 0 Å². The summed E-state index contributed by atoms with van der Waals surface area (Å²) < 4.78 is 0. The molecular formula is C15H22Si. The Morgan fingerprint density at radius 2 is 1.69 bits per heavy atom. The first-order valence-electron chi connectivity index (χ1n) is 6.25. The maximum atomic E-state index is 3.61. The van der Waals surface area contributed by atoms with Crippen LogP contribution in [0.1, 0.15) is 31.9 Å². The zero-order chi connectivity index (χ0) is 12.0. The second-order valence-electron chi connectivity index (χ2n) is 4.46. The van der Waals surface area contributed by atoms with Gasteiger partial charge in [-0.15, -0.1) is 5.54 Å². The molecule has 16 heavy (non-hydrogen) atoms. The zero-order valence-corrected chi connectivity index (χ0v) is 11.9. The summed E-state index contributed by atoms with van der Waals surface area (Å²) in [6, 6.07) is 12.3. The first-order chi connectivity index (χ1) is 7.65. The van der Waals surface area contributed by atoms with Gasteiger partial charge in [0.1, 0.15) is 8.07 Å². The molecule has 0 aliphatic heterocycles. The molecule has 0 aromatic heterocycles. The van der Waals surface area contributed by atoms with Gasteiger partial charge < -0.3 is 0 Å². The van der Waals surface area contributed by atoms with Crippen molar-refractivity contribution in [2.45, 2.75) is 45.8 Å². The molecule has 1 heteroatoms. The second kappa shape index (κ2) is 5.91. The minimum Gasteiger partial charge on any atom is -0.126 e. The molecule has 0 saturated carbocycles. The van der Waals surface area contributed by atoms with Gasteiger partial charge in [-0.25, -0.2) is 0 Å². The van der Waals surface area contributed by atoms with Crippen molar-refractivity contribution in [2.24, 2.45) is 0 Å². The highest BCUT2D eigenvalue weighted by Crippen LogP contribution is 2.19. The predicted molar refractivity (Wildman–Crippen MR) is 75.3 cm³/mol. The molecule has 0 bridgehead atoms. The maximum absolute atomic E-state index is 3.61. The number of rotatable bonds is 3. The summed E-state index contributed by atoms with van der Waals surface area (Å²) >= 11 is 0. The van der Waals surface area contributed by atoms with E-state index in [0.717, 1.165) is 0 Å². The lowest BCUT2D eigenvalue weighted by molar-refractivity contribution is 1.20. The molecule has 0 unspecified atom stereocenters. The van der Waals surface area contributed by atoms with E-state index >= 15 is 0 Å². The van der Waals surface area contributed by atoms with Crippen molar-refractivity contribution in [1.82, 2.24) is 0 Å². The summed E-state index contributed by atoms with van der Waals surface area (Å²) in [6.45, 7) is 9.01. The highest BCUT2D eigenvalue weighted by molar-refractivity contribution is 6.87. The summed E-state index contributed by atoms with van der Waals surface area (Å²) in [4.78, 5) is 0. The maximum Gasteiger partial charge on any atom is 0.138 e. The van der Waals surface area contributed by atoms with Crippen molar-refractivity contribution >= 4 is 8.07 Å². The Hall–Kier alpha value is -1.00. The van der Waals surface area contributed by atoms with Gasteiger partial charge in [0, 0.05) is 5.56 Å². The van der Waals surface area contributed by atoms with Crippen LogP contribution in [0.4, 0.5) is 0 Å². The molecule has 0 radical (unpaired) electrons. The average Bonchev–Trinajstić information content (AvgIpc) is 2.32. The van der Waals surface area contributed by atoms with Crippen LogP contribution >= 0.6 is 0 Å². The largest absolute Gasteiger partial charge is 0.138 e. The molecule has 86 valence electrons. The van der Waals surface area contributed by atoms with Crippen LogP contribution in [0.25, 0.3) is 0 Å². The van der Waals surface area contributed by atoms with Gasteiger partial charge in [-0.3, -0.25) is 0 Å². The average molecular weight is 230 g/mol. The molecule has 0 atom stereocenters. The first-order valence-corrected chi connectivity index (χ1v) is 8.87. The number of benzene rings is 1. The molecule has 0 amide bonds. The Morgan fingerprint density at radius 3 is 2.19 bits per heavy atom. The minimum absolute atomic E-state index is 1.17. The monoisotopic (exact) mass is 230 g/mol. The quantitative estimate of drug-likeness (QED) is 0.533. The van der Waals surface area contributed by atoms with Gasteiger partial charge >= 0.3 is 0 Å². The Kier molecular flexibility index (Phi) is 4.83. The second-order valence-corrected chi connectivity index (χ2v) is 9.39. The Bertz CT molecular complexity index is 383. The van der Waals surface area contributed by atoms with Crippen LogP contribution < -0.4 is 0 Å². The molecule has 0 N–H and O–H groups in total. The van der Waals surface area contributed by atoms with Crippen molar-refractivity contribution in [3.63, 3.8) is 0 Å². The van der Waals surface area contributed by atoms with Gasteiger partial charge in [-0.2, -0.15) is 0 Å². The van der Waals surface area contributed by atoms with Crippen molar-refractivity contribution in [3.05, 3.63) is 35.4 Å². The molecule has 0 aliphatic carbocycles. The molecule has 0 saturated heterocycles. The van der Waals surface area contributed by atoms with Gasteiger partial charge in [0.15, 0.2) is 0 Å². The van der Waals surface area contributed by atoms with Crippen LogP contribution in [0, 0.1) is 18.4 Å². The van der Waals surface area contributed by atoms with E-state index in [1.807, 2.05) is 0 Å². The predicted octanol–water partition coefficient (Wildman–Crippen LogP) is 4.39. The van der Waals surface area contributed by atoms with Crippen LogP contribution in [0.2, 0.25) is 18.1 Å². The fourth-order valence-corrected chi connectivity index (χ4v) is 4.38. The number of aryl methyl sites for hydroxylation is 1. The smallest absolute Gasteiger partial charge is 0.126 e. The molecular weight excluding hydrogens is 208 g/mol. The van der Waals surface area contributed by atoms with E-state index in [4.69, 9.17) is 0 Å². The normalized spacial score (nSPS) is 10.8. The lowest BCUT2D eigenvalue weighted by Gasteiger charge is -2.19. The summed E-state index contributed by atoms with van der Waals surface area (Å²) in [5.74, 6) is 3.39. The van der Waals surface area contributed by atoms with E-state index in [9.17, 15) is 0 Å². The van der Waals surface area contributed by atoms with E-state index < -0.39 is 8.07 Å². The third-order valence-electron chi connectivity index (χ3n) is 3.52. The van der Waals surface area contributed by atoms with Gasteiger partial charge in [-0.1, -0.05) is 38.8 Å². The fraction of sp³-hybridized carbons (Fsp3) is 0.467. The van der Waals surface area contributed by atoms with Crippen LogP contribution in [0.3, 0.4) is 0 Å². The fourth-order valence-electron chi connectivity index (χ4n) is 1.94. The van der Waals surface area contributed by atoms with E-state index in [1.54, 1.807) is 0 Å². The summed E-state index contributed by atoms with van der Waals surface area (Å²) in [7, 11) is -1.28. The molecule has 0 fully saturated rings. The van der Waals surface area contributed by atoms with Crippen molar-refractivity contribution < 1.29 is 0 Å². The number of hydrogen-bond acceptors (Lipinski definition) is 0. The lowest BCUT2D eigenvalue weighted by Crippen LogP contribution is -2.29. The van der Waals surface area contributed by atoms with Crippen LogP contribution in [0.15, 0.2) is 24.3 Å². The number of hydrogen-bond donors (Lipinski definition) is 0. The van der Waals surface area contributed by atoms with E-state index in [1.165, 1.54) is 29.3 Å². The van der Waals surface area contributed by atoms with Gasteiger partial charge in [0.2, 0.25) is 0 Å². The molecule has 0 nitrogen and oxygen atoms in total. The van der Waals surface area contributed by atoms with E-state index in [-0.39, 0.29) is 0 Å². The summed E-state index contributed by atoms with van der Waals surface area (Å²) in [5.41, 5.74) is 6.08. The van der Waals surface area contributed by atoms with E-state index in [0.29, 0.717) is 0 Å². The highest BCUT2D eigenvalue weighted by atomic mass is 28.3. The van der Waals surface area contributed by atoms with Crippen molar-refractivity contribution in [2.75, 3.05) is 0 Å². The van der Waals surface area contributed by atoms with Crippen LogP contribution in [-0.2, 0) is 0 Å². The van der Waals surface area contributed by atoms with E-state index in [2.05, 4.69) is 63.4 Å². The lowest BCUT2D eigenvalue weighted by atomic mass is 10.1. The minimum atomic E-state index is -1.28. The van der Waals surface area contributed by atoms with Crippen molar-refractivity contribution in [3.8, 4) is 11.5 Å². The zero-order valence-electron chi connectivity index (χ0n) is 10.9. The Labute approximate surface area is 101 Å². The highest BCUT2D eigenvalue weighted by Gasteiger charge is 2.23. The SMILES string of the molecule is CC[Si](C#Cc1cccc(C)c1)(CC)CC. The first kappa shape index (κ1) is 13.1. The topological polar surface area (TPSA) is 0 Å². The third-order valence-corrected chi connectivity index (χ3v) is 8.24. The molecule has 0 spiro atoms. The summed E-state index contributed by atoms with van der Waals surface area (Å²) in [5, 5.41) is 0. The van der Waals surface area contributed by atoms with Crippen molar-refractivity contribution in [1.29, 1.82) is 0 Å². The third kappa shape index (κ3) is 3.25. The molecule has 1 rings (SSSR count). The summed E-state index contributed by atoms with van der Waals surface area (Å²) in [6.07, 6.45) is 0.